The zero-order chi connectivity index (χ0) is 19.9. The van der Waals surface area contributed by atoms with Crippen molar-refractivity contribution >= 4 is 23.4 Å². The van der Waals surface area contributed by atoms with E-state index in [-0.39, 0.29) is 17.8 Å². The third kappa shape index (κ3) is 5.00. The highest BCUT2D eigenvalue weighted by Gasteiger charge is 2.13. The van der Waals surface area contributed by atoms with Crippen molar-refractivity contribution in [1.82, 2.24) is 20.3 Å². The number of hydrogen-bond donors (Lipinski definition) is 3. The lowest BCUT2D eigenvalue weighted by Gasteiger charge is -2.17. The lowest BCUT2D eigenvalue weighted by Crippen LogP contribution is -2.23. The smallest absolute Gasteiger partial charge is 0.251 e. The van der Waals surface area contributed by atoms with Crippen molar-refractivity contribution in [1.29, 1.82) is 0 Å². The Labute approximate surface area is 162 Å². The van der Waals surface area contributed by atoms with Crippen molar-refractivity contribution in [3.05, 3.63) is 71.9 Å². The van der Waals surface area contributed by atoms with Crippen molar-refractivity contribution in [3.8, 4) is 0 Å². The van der Waals surface area contributed by atoms with Gasteiger partial charge in [-0.15, -0.1) is 0 Å². The van der Waals surface area contributed by atoms with Gasteiger partial charge in [-0.3, -0.25) is 9.78 Å². The van der Waals surface area contributed by atoms with Gasteiger partial charge >= 0.3 is 0 Å². The van der Waals surface area contributed by atoms with E-state index in [4.69, 9.17) is 0 Å². The number of amides is 1. The van der Waals surface area contributed by atoms with Gasteiger partial charge in [0.1, 0.15) is 23.3 Å². The second-order valence-electron chi connectivity index (χ2n) is 6.12. The quantitative estimate of drug-likeness (QED) is 0.579. The second kappa shape index (κ2) is 8.90. The molecule has 7 nitrogen and oxygen atoms in total. The molecule has 1 aromatic carbocycles. The van der Waals surface area contributed by atoms with Crippen LogP contribution in [0.15, 0.2) is 55.0 Å². The third-order valence-electron chi connectivity index (χ3n) is 3.98. The number of pyridine rings is 1. The molecule has 8 heteroatoms. The number of nitrogens with one attached hydrogen (secondary N) is 3. The van der Waals surface area contributed by atoms with Crippen molar-refractivity contribution in [2.24, 2.45) is 0 Å². The van der Waals surface area contributed by atoms with Crippen LogP contribution in [0, 0.1) is 5.82 Å². The Morgan fingerprint density at radius 2 is 1.86 bits per heavy atom. The summed E-state index contributed by atoms with van der Waals surface area (Å²) >= 11 is 0. The Bertz CT molecular complexity index is 933. The molecule has 0 saturated carbocycles. The zero-order valence-electron chi connectivity index (χ0n) is 15.6. The first-order valence-corrected chi connectivity index (χ1v) is 8.90. The molecule has 144 valence electrons. The van der Waals surface area contributed by atoms with Gasteiger partial charge in [0.15, 0.2) is 0 Å². The van der Waals surface area contributed by atoms with Gasteiger partial charge in [0.25, 0.3) is 5.91 Å². The van der Waals surface area contributed by atoms with E-state index in [1.165, 1.54) is 12.1 Å². The number of carbonyl (C=O) groups excluding carboxylic acids is 1. The number of anilines is 3. The predicted octanol–water partition coefficient (Wildman–Crippen LogP) is 3.68. The Hall–Kier alpha value is -3.55. The minimum absolute atomic E-state index is 0.137. The van der Waals surface area contributed by atoms with Crippen LogP contribution in [0.4, 0.5) is 21.8 Å². The molecule has 0 fully saturated rings. The Morgan fingerprint density at radius 1 is 1.11 bits per heavy atom. The van der Waals surface area contributed by atoms with Crippen molar-refractivity contribution in [3.63, 3.8) is 0 Å². The molecular formula is C20H21FN6O. The van der Waals surface area contributed by atoms with Crippen LogP contribution < -0.4 is 16.0 Å². The summed E-state index contributed by atoms with van der Waals surface area (Å²) in [6.07, 6.45) is 4.70. The lowest BCUT2D eigenvalue weighted by atomic mass is 10.1. The number of carbonyl (C=O) groups is 1. The van der Waals surface area contributed by atoms with E-state index in [0.717, 1.165) is 5.56 Å². The monoisotopic (exact) mass is 380 g/mol. The van der Waals surface area contributed by atoms with Crippen LogP contribution in [-0.4, -0.2) is 27.4 Å². The molecule has 3 aromatic rings. The largest absolute Gasteiger partial charge is 0.363 e. The summed E-state index contributed by atoms with van der Waals surface area (Å²) < 4.78 is 13.2. The number of halogens is 1. The van der Waals surface area contributed by atoms with Crippen LogP contribution in [0.3, 0.4) is 0 Å². The summed E-state index contributed by atoms with van der Waals surface area (Å²) in [6.45, 7) is 4.31. The number of rotatable bonds is 7. The molecule has 2 aromatic heterocycles. The summed E-state index contributed by atoms with van der Waals surface area (Å²) in [5.74, 6) is 0.984. The average Bonchev–Trinajstić information content (AvgIpc) is 2.69. The van der Waals surface area contributed by atoms with Crippen LogP contribution in [0.5, 0.6) is 0 Å². The molecule has 1 atom stereocenters. The zero-order valence-corrected chi connectivity index (χ0v) is 15.6. The number of hydrogen-bond acceptors (Lipinski definition) is 6. The minimum Gasteiger partial charge on any atom is -0.363 e. The minimum atomic E-state index is -0.289. The van der Waals surface area contributed by atoms with Gasteiger partial charge in [-0.1, -0.05) is 12.1 Å². The van der Waals surface area contributed by atoms with Gasteiger partial charge in [-0.25, -0.2) is 14.4 Å². The summed E-state index contributed by atoms with van der Waals surface area (Å²) in [7, 11) is 0. The van der Waals surface area contributed by atoms with Gasteiger partial charge < -0.3 is 16.0 Å². The lowest BCUT2D eigenvalue weighted by molar-refractivity contribution is 0.0956. The molecule has 3 N–H and O–H groups in total. The van der Waals surface area contributed by atoms with Crippen LogP contribution in [-0.2, 0) is 0 Å². The van der Waals surface area contributed by atoms with Crippen molar-refractivity contribution in [2.45, 2.75) is 19.9 Å². The van der Waals surface area contributed by atoms with E-state index >= 15 is 0 Å². The molecule has 0 saturated heterocycles. The molecule has 0 aliphatic rings. The second-order valence-corrected chi connectivity index (χ2v) is 6.12. The van der Waals surface area contributed by atoms with E-state index in [0.29, 0.717) is 29.6 Å². The molecule has 2 heterocycles. The van der Waals surface area contributed by atoms with Gasteiger partial charge in [-0.2, -0.15) is 0 Å². The van der Waals surface area contributed by atoms with Crippen LogP contribution in [0.2, 0.25) is 0 Å². The number of aromatic nitrogens is 3. The van der Waals surface area contributed by atoms with E-state index < -0.39 is 0 Å². The van der Waals surface area contributed by atoms with Gasteiger partial charge in [0.2, 0.25) is 0 Å². The normalized spacial score (nSPS) is 11.5. The molecule has 0 spiro atoms. The van der Waals surface area contributed by atoms with Gasteiger partial charge in [0.05, 0.1) is 6.20 Å². The highest BCUT2D eigenvalue weighted by atomic mass is 19.1. The maximum Gasteiger partial charge on any atom is 0.251 e. The highest BCUT2D eigenvalue weighted by Crippen LogP contribution is 2.22. The molecule has 1 amide bonds. The van der Waals surface area contributed by atoms with Gasteiger partial charge in [-0.05, 0) is 43.7 Å². The summed E-state index contributed by atoms with van der Waals surface area (Å²) in [4.78, 5) is 25.0. The Kier molecular flexibility index (Phi) is 6.11. The molecule has 0 aliphatic carbocycles. The SMILES string of the molecule is CCNC(=O)c1cc(Nc2cnccn2)nc(NC(C)c2ccc(F)cc2)c1. The van der Waals surface area contributed by atoms with Crippen LogP contribution in [0.1, 0.15) is 35.8 Å². The maximum absolute atomic E-state index is 13.2. The number of nitrogens with zero attached hydrogens (tertiary/aromatic N) is 3. The van der Waals surface area contributed by atoms with E-state index in [9.17, 15) is 9.18 Å². The number of benzene rings is 1. The first kappa shape index (κ1) is 19.2. The van der Waals surface area contributed by atoms with Gasteiger partial charge in [0, 0.05) is 30.5 Å². The fourth-order valence-electron chi connectivity index (χ4n) is 2.61. The molecule has 0 aliphatic heterocycles. The predicted molar refractivity (Wildman–Crippen MR) is 106 cm³/mol. The highest BCUT2D eigenvalue weighted by molar-refractivity contribution is 5.95. The molecule has 1 unspecified atom stereocenters. The summed E-state index contributed by atoms with van der Waals surface area (Å²) in [6, 6.07) is 9.42. The summed E-state index contributed by atoms with van der Waals surface area (Å²) in [5.41, 5.74) is 1.35. The molecule has 0 bridgehead atoms. The topological polar surface area (TPSA) is 91.8 Å². The fraction of sp³-hybridized carbons (Fsp3) is 0.200. The molecular weight excluding hydrogens is 359 g/mol. The first-order chi connectivity index (χ1) is 13.5. The molecule has 0 radical (unpaired) electrons. The van der Waals surface area contributed by atoms with E-state index in [1.807, 2.05) is 13.8 Å². The fourth-order valence-corrected chi connectivity index (χ4v) is 2.61. The Morgan fingerprint density at radius 3 is 2.54 bits per heavy atom. The third-order valence-corrected chi connectivity index (χ3v) is 3.98. The standard InChI is InChI=1S/C20H21FN6O/c1-3-23-20(28)15-10-17(25-13(2)14-4-6-16(21)7-5-14)26-18(11-15)27-19-12-22-8-9-24-19/h4-13H,3H2,1-2H3,(H,23,28)(H2,24,25,26,27). The van der Waals surface area contributed by atoms with Crippen molar-refractivity contribution in [2.75, 3.05) is 17.2 Å². The first-order valence-electron chi connectivity index (χ1n) is 8.90. The Balaban J connectivity index is 1.87. The van der Waals surface area contributed by atoms with Crippen LogP contribution in [0.25, 0.3) is 0 Å². The van der Waals surface area contributed by atoms with Crippen molar-refractivity contribution < 1.29 is 9.18 Å². The average molecular weight is 380 g/mol. The van der Waals surface area contributed by atoms with E-state index in [2.05, 4.69) is 30.9 Å². The molecule has 28 heavy (non-hydrogen) atoms. The maximum atomic E-state index is 13.2. The molecule has 3 rings (SSSR count). The van der Waals surface area contributed by atoms with E-state index in [1.54, 1.807) is 42.9 Å². The summed E-state index contributed by atoms with van der Waals surface area (Å²) in [5, 5.41) is 9.08. The van der Waals surface area contributed by atoms with Crippen LogP contribution >= 0.6 is 0 Å².